The maximum atomic E-state index is 12.7. The number of thioether (sulfide) groups is 1. The number of aliphatic imine (C=N–C) groups is 1. The van der Waals surface area contributed by atoms with Gasteiger partial charge in [-0.25, -0.2) is 4.98 Å². The number of halogens is 1. The molecule has 0 spiro atoms. The SMILES string of the molecule is Cc1ccc(C)c(NC(=O)C(C)Sc2ccccc2N=Cc2cccnc2Cl)c1. The minimum absolute atomic E-state index is 0.0437. The Morgan fingerprint density at radius 2 is 1.97 bits per heavy atom. The van der Waals surface area contributed by atoms with Gasteiger partial charge in [0.05, 0.1) is 10.9 Å². The molecule has 0 fully saturated rings. The zero-order chi connectivity index (χ0) is 20.8. The molecule has 0 bridgehead atoms. The molecule has 0 aliphatic rings. The van der Waals surface area contributed by atoms with Gasteiger partial charge in [0.1, 0.15) is 5.15 Å². The van der Waals surface area contributed by atoms with Gasteiger partial charge in [-0.2, -0.15) is 0 Å². The summed E-state index contributed by atoms with van der Waals surface area (Å²) in [6.07, 6.45) is 3.33. The Kier molecular flexibility index (Phi) is 7.07. The van der Waals surface area contributed by atoms with Gasteiger partial charge in [0.15, 0.2) is 0 Å². The van der Waals surface area contributed by atoms with Crippen molar-refractivity contribution in [3.05, 3.63) is 82.6 Å². The first-order valence-electron chi connectivity index (χ1n) is 9.22. The molecule has 1 aromatic heterocycles. The van der Waals surface area contributed by atoms with E-state index in [1.807, 2.05) is 75.4 Å². The highest BCUT2D eigenvalue weighted by molar-refractivity contribution is 8.00. The smallest absolute Gasteiger partial charge is 0.237 e. The largest absolute Gasteiger partial charge is 0.325 e. The number of carbonyl (C=O) groups excluding carboxylic acids is 1. The van der Waals surface area contributed by atoms with Crippen LogP contribution in [0.25, 0.3) is 0 Å². The lowest BCUT2D eigenvalue weighted by atomic mass is 10.1. The first kappa shape index (κ1) is 21.1. The number of carbonyl (C=O) groups is 1. The van der Waals surface area contributed by atoms with E-state index in [4.69, 9.17) is 11.6 Å². The Hall–Kier alpha value is -2.63. The monoisotopic (exact) mass is 423 g/mol. The number of aromatic nitrogens is 1. The van der Waals surface area contributed by atoms with Crippen LogP contribution in [0.2, 0.25) is 5.15 Å². The number of nitrogens with zero attached hydrogens (tertiary/aromatic N) is 2. The van der Waals surface area contributed by atoms with Crippen LogP contribution in [0.15, 0.2) is 70.7 Å². The van der Waals surface area contributed by atoms with E-state index in [0.717, 1.165) is 33.0 Å². The van der Waals surface area contributed by atoms with Gasteiger partial charge < -0.3 is 5.32 Å². The molecule has 0 aliphatic carbocycles. The summed E-state index contributed by atoms with van der Waals surface area (Å²) in [6.45, 7) is 5.89. The van der Waals surface area contributed by atoms with Gasteiger partial charge in [-0.15, -0.1) is 11.8 Å². The van der Waals surface area contributed by atoms with Crippen LogP contribution < -0.4 is 5.32 Å². The molecule has 2 aromatic carbocycles. The molecule has 0 saturated heterocycles. The Bertz CT molecular complexity index is 1050. The number of para-hydroxylation sites is 1. The number of pyridine rings is 1. The minimum Gasteiger partial charge on any atom is -0.325 e. The van der Waals surface area contributed by atoms with Gasteiger partial charge in [0, 0.05) is 28.6 Å². The van der Waals surface area contributed by atoms with E-state index in [0.29, 0.717) is 5.15 Å². The molecule has 0 radical (unpaired) electrons. The Morgan fingerprint density at radius 1 is 1.17 bits per heavy atom. The van der Waals surface area contributed by atoms with E-state index in [9.17, 15) is 4.79 Å². The van der Waals surface area contributed by atoms with Crippen molar-refractivity contribution in [2.75, 3.05) is 5.32 Å². The number of nitrogens with one attached hydrogen (secondary N) is 1. The number of anilines is 1. The molecule has 3 rings (SSSR count). The molecule has 1 N–H and O–H groups in total. The van der Waals surface area contributed by atoms with Crippen LogP contribution in [0.1, 0.15) is 23.6 Å². The highest BCUT2D eigenvalue weighted by atomic mass is 35.5. The quantitative estimate of drug-likeness (QED) is 0.291. The van der Waals surface area contributed by atoms with Crippen LogP contribution in [-0.2, 0) is 4.79 Å². The highest BCUT2D eigenvalue weighted by Gasteiger charge is 2.17. The van der Waals surface area contributed by atoms with Crippen molar-refractivity contribution in [3.63, 3.8) is 0 Å². The molecule has 0 saturated carbocycles. The van der Waals surface area contributed by atoms with E-state index in [1.165, 1.54) is 11.8 Å². The summed E-state index contributed by atoms with van der Waals surface area (Å²) in [5.41, 5.74) is 4.53. The molecule has 4 nitrogen and oxygen atoms in total. The highest BCUT2D eigenvalue weighted by Crippen LogP contribution is 2.33. The van der Waals surface area contributed by atoms with E-state index in [-0.39, 0.29) is 11.2 Å². The van der Waals surface area contributed by atoms with Gasteiger partial charge in [-0.05, 0) is 62.2 Å². The summed E-state index contributed by atoms with van der Waals surface area (Å²) in [5.74, 6) is -0.0437. The second-order valence-electron chi connectivity index (χ2n) is 6.68. The number of amides is 1. The lowest BCUT2D eigenvalue weighted by Crippen LogP contribution is -2.22. The summed E-state index contributed by atoms with van der Waals surface area (Å²) in [5, 5.41) is 3.15. The molecule has 0 aliphatic heterocycles. The van der Waals surface area contributed by atoms with Crippen molar-refractivity contribution in [2.24, 2.45) is 4.99 Å². The minimum atomic E-state index is -0.284. The van der Waals surface area contributed by atoms with E-state index in [2.05, 4.69) is 15.3 Å². The second kappa shape index (κ2) is 9.72. The number of benzene rings is 2. The second-order valence-corrected chi connectivity index (χ2v) is 8.42. The zero-order valence-electron chi connectivity index (χ0n) is 16.5. The first-order valence-corrected chi connectivity index (χ1v) is 10.5. The van der Waals surface area contributed by atoms with E-state index < -0.39 is 0 Å². The standard InChI is InChI=1S/C23H22ClN3OS/c1-15-10-11-16(2)20(13-15)27-23(28)17(3)29-21-9-5-4-8-19(21)26-14-18-7-6-12-25-22(18)24/h4-14,17H,1-3H3,(H,27,28). The lowest BCUT2D eigenvalue weighted by molar-refractivity contribution is -0.115. The van der Waals surface area contributed by atoms with Crippen molar-refractivity contribution < 1.29 is 4.79 Å². The van der Waals surface area contributed by atoms with Crippen LogP contribution >= 0.6 is 23.4 Å². The molecule has 148 valence electrons. The van der Waals surface area contributed by atoms with Crippen LogP contribution in [0.5, 0.6) is 0 Å². The molecular weight excluding hydrogens is 402 g/mol. The Labute approximate surface area is 180 Å². The predicted molar refractivity (Wildman–Crippen MR) is 123 cm³/mol. The number of aryl methyl sites for hydroxylation is 2. The van der Waals surface area contributed by atoms with Gasteiger partial charge in [-0.3, -0.25) is 9.79 Å². The Balaban J connectivity index is 1.74. The maximum Gasteiger partial charge on any atom is 0.237 e. The van der Waals surface area contributed by atoms with Crippen molar-refractivity contribution in [1.82, 2.24) is 4.98 Å². The molecule has 1 amide bonds. The fourth-order valence-electron chi connectivity index (χ4n) is 2.65. The van der Waals surface area contributed by atoms with Gasteiger partial charge >= 0.3 is 0 Å². The van der Waals surface area contributed by atoms with Gasteiger partial charge in [-0.1, -0.05) is 35.9 Å². The first-order chi connectivity index (χ1) is 13.9. The van der Waals surface area contributed by atoms with Crippen LogP contribution in [0, 0.1) is 13.8 Å². The zero-order valence-corrected chi connectivity index (χ0v) is 18.1. The third-order valence-corrected chi connectivity index (χ3v) is 5.80. The van der Waals surface area contributed by atoms with E-state index in [1.54, 1.807) is 12.4 Å². The number of hydrogen-bond acceptors (Lipinski definition) is 4. The summed E-state index contributed by atoms with van der Waals surface area (Å²) in [7, 11) is 0. The van der Waals surface area contributed by atoms with Crippen LogP contribution in [0.3, 0.4) is 0 Å². The van der Waals surface area contributed by atoms with Crippen molar-refractivity contribution in [3.8, 4) is 0 Å². The van der Waals surface area contributed by atoms with Gasteiger partial charge in [0.25, 0.3) is 0 Å². The average Bonchev–Trinajstić information content (AvgIpc) is 2.71. The maximum absolute atomic E-state index is 12.7. The molecule has 1 unspecified atom stereocenters. The predicted octanol–water partition coefficient (Wildman–Crippen LogP) is 6.22. The topological polar surface area (TPSA) is 54.4 Å². The third kappa shape index (κ3) is 5.68. The van der Waals surface area contributed by atoms with Gasteiger partial charge in [0.2, 0.25) is 5.91 Å². The van der Waals surface area contributed by atoms with Crippen molar-refractivity contribution >= 4 is 46.9 Å². The Morgan fingerprint density at radius 3 is 2.76 bits per heavy atom. The normalized spacial score (nSPS) is 12.1. The van der Waals surface area contributed by atoms with Crippen molar-refractivity contribution in [1.29, 1.82) is 0 Å². The fraction of sp³-hybridized carbons (Fsp3) is 0.174. The molecule has 29 heavy (non-hydrogen) atoms. The average molecular weight is 424 g/mol. The van der Waals surface area contributed by atoms with Crippen molar-refractivity contribution in [2.45, 2.75) is 30.9 Å². The summed E-state index contributed by atoms with van der Waals surface area (Å²) in [4.78, 5) is 22.3. The summed E-state index contributed by atoms with van der Waals surface area (Å²) in [6, 6.07) is 17.4. The summed E-state index contributed by atoms with van der Waals surface area (Å²) >= 11 is 7.57. The number of rotatable bonds is 6. The summed E-state index contributed by atoms with van der Waals surface area (Å²) < 4.78 is 0. The lowest BCUT2D eigenvalue weighted by Gasteiger charge is -2.15. The third-order valence-electron chi connectivity index (χ3n) is 4.32. The molecular formula is C23H22ClN3OS. The molecule has 1 atom stereocenters. The molecule has 1 heterocycles. The van der Waals surface area contributed by atoms with Crippen LogP contribution in [0.4, 0.5) is 11.4 Å². The number of hydrogen-bond donors (Lipinski definition) is 1. The molecule has 6 heteroatoms. The van der Waals surface area contributed by atoms with E-state index >= 15 is 0 Å². The molecule has 3 aromatic rings. The fourth-order valence-corrected chi connectivity index (χ4v) is 3.76. The van der Waals surface area contributed by atoms with Crippen LogP contribution in [-0.4, -0.2) is 22.4 Å².